The Bertz CT molecular complexity index is 680. The number of likely N-dealkylation sites (tertiary alicyclic amines) is 1. The Hall–Kier alpha value is -2.10. The SMILES string of the molecule is CC1(C)Oc2ccc(C#N)cc2[C@@H](N2C(=O)CC[C@@H]2CO)[C@@H]1O. The Morgan fingerprint density at radius 1 is 1.48 bits per heavy atom. The Balaban J connectivity index is 2.14. The van der Waals surface area contributed by atoms with Crippen LogP contribution in [0.4, 0.5) is 0 Å². The molecule has 2 aliphatic heterocycles. The van der Waals surface area contributed by atoms with Gasteiger partial charge in [-0.15, -0.1) is 0 Å². The van der Waals surface area contributed by atoms with Gasteiger partial charge in [0.15, 0.2) is 0 Å². The number of hydrogen-bond donors (Lipinski definition) is 2. The first-order chi connectivity index (χ1) is 10.9. The van der Waals surface area contributed by atoms with Crippen molar-refractivity contribution in [3.8, 4) is 11.8 Å². The van der Waals surface area contributed by atoms with Gasteiger partial charge in [0.05, 0.1) is 30.3 Å². The molecule has 1 amide bonds. The molecular formula is C17H20N2O4. The molecule has 3 rings (SSSR count). The van der Waals surface area contributed by atoms with E-state index in [-0.39, 0.29) is 18.6 Å². The van der Waals surface area contributed by atoms with E-state index < -0.39 is 17.7 Å². The number of benzene rings is 1. The van der Waals surface area contributed by atoms with E-state index in [0.717, 1.165) is 0 Å². The minimum Gasteiger partial charge on any atom is -0.485 e. The van der Waals surface area contributed by atoms with Crippen LogP contribution in [0.2, 0.25) is 0 Å². The molecule has 1 fully saturated rings. The lowest BCUT2D eigenvalue weighted by atomic mass is 9.84. The highest BCUT2D eigenvalue weighted by molar-refractivity contribution is 5.79. The highest BCUT2D eigenvalue weighted by atomic mass is 16.5. The monoisotopic (exact) mass is 316 g/mol. The number of carbonyl (C=O) groups is 1. The normalized spacial score (nSPS) is 28.9. The van der Waals surface area contributed by atoms with Crippen LogP contribution in [0.15, 0.2) is 18.2 Å². The molecule has 0 aliphatic carbocycles. The number of ether oxygens (including phenoxy) is 1. The van der Waals surface area contributed by atoms with E-state index in [1.165, 1.54) is 0 Å². The zero-order chi connectivity index (χ0) is 16.8. The summed E-state index contributed by atoms with van der Waals surface area (Å²) in [5.74, 6) is 0.458. The molecule has 2 aliphatic rings. The summed E-state index contributed by atoms with van der Waals surface area (Å²) in [6.45, 7) is 3.38. The maximum absolute atomic E-state index is 12.4. The van der Waals surface area contributed by atoms with Crippen LogP contribution in [-0.2, 0) is 4.79 Å². The molecule has 1 saturated heterocycles. The molecule has 2 heterocycles. The van der Waals surface area contributed by atoms with Crippen molar-refractivity contribution in [2.75, 3.05) is 6.61 Å². The number of aliphatic hydroxyl groups excluding tert-OH is 2. The molecule has 6 heteroatoms. The van der Waals surface area contributed by atoms with Crippen LogP contribution in [0.1, 0.15) is 43.9 Å². The standard InChI is InChI=1S/C17H20N2O4/c1-17(2)16(22)15(19-11(9-20)4-6-14(19)21)12-7-10(8-18)3-5-13(12)23-17/h3,5,7,11,15-16,20,22H,4,6,9H2,1-2H3/t11-,15-,16+/m1/s1. The van der Waals surface area contributed by atoms with Gasteiger partial charge in [0.25, 0.3) is 0 Å². The zero-order valence-corrected chi connectivity index (χ0v) is 13.2. The summed E-state index contributed by atoms with van der Waals surface area (Å²) in [6.07, 6.45) is -0.0455. The van der Waals surface area contributed by atoms with Gasteiger partial charge in [-0.05, 0) is 38.5 Å². The average Bonchev–Trinajstić information content (AvgIpc) is 2.89. The van der Waals surface area contributed by atoms with E-state index in [1.54, 1.807) is 36.9 Å². The van der Waals surface area contributed by atoms with Crippen molar-refractivity contribution in [1.82, 2.24) is 4.90 Å². The van der Waals surface area contributed by atoms with Gasteiger partial charge < -0.3 is 19.8 Å². The summed E-state index contributed by atoms with van der Waals surface area (Å²) in [6, 6.07) is 6.12. The van der Waals surface area contributed by atoms with Crippen molar-refractivity contribution in [3.05, 3.63) is 29.3 Å². The molecule has 6 nitrogen and oxygen atoms in total. The number of aliphatic hydroxyl groups is 2. The van der Waals surface area contributed by atoms with Crippen molar-refractivity contribution < 1.29 is 19.7 Å². The van der Waals surface area contributed by atoms with E-state index in [0.29, 0.717) is 29.7 Å². The predicted octanol–water partition coefficient (Wildman–Crippen LogP) is 1.11. The molecule has 1 aromatic rings. The van der Waals surface area contributed by atoms with Gasteiger partial charge in [-0.1, -0.05) is 0 Å². The highest BCUT2D eigenvalue weighted by Crippen LogP contribution is 2.45. The molecule has 0 saturated carbocycles. The molecule has 0 aromatic heterocycles. The van der Waals surface area contributed by atoms with E-state index in [1.807, 2.05) is 0 Å². The van der Waals surface area contributed by atoms with Crippen LogP contribution in [0.5, 0.6) is 5.75 Å². The maximum atomic E-state index is 12.4. The van der Waals surface area contributed by atoms with Gasteiger partial charge in [-0.25, -0.2) is 0 Å². The first-order valence-electron chi connectivity index (χ1n) is 7.72. The van der Waals surface area contributed by atoms with E-state index in [4.69, 9.17) is 10.00 Å². The van der Waals surface area contributed by atoms with Gasteiger partial charge in [-0.2, -0.15) is 5.26 Å². The molecule has 1 aromatic carbocycles. The first kappa shape index (κ1) is 15.8. The number of hydrogen-bond acceptors (Lipinski definition) is 5. The van der Waals surface area contributed by atoms with Crippen LogP contribution < -0.4 is 4.74 Å². The lowest BCUT2D eigenvalue weighted by Gasteiger charge is -2.46. The van der Waals surface area contributed by atoms with Crippen LogP contribution in [0, 0.1) is 11.3 Å². The van der Waals surface area contributed by atoms with Gasteiger partial charge in [0, 0.05) is 12.0 Å². The van der Waals surface area contributed by atoms with Crippen molar-refractivity contribution in [2.45, 2.75) is 50.5 Å². The quantitative estimate of drug-likeness (QED) is 0.852. The molecule has 0 spiro atoms. The van der Waals surface area contributed by atoms with Crippen LogP contribution in [0.3, 0.4) is 0 Å². The third-order valence-corrected chi connectivity index (χ3v) is 4.73. The van der Waals surface area contributed by atoms with Crippen LogP contribution in [-0.4, -0.2) is 45.4 Å². The summed E-state index contributed by atoms with van der Waals surface area (Å²) in [5, 5.41) is 29.5. The second kappa shape index (κ2) is 5.52. The first-order valence-corrected chi connectivity index (χ1v) is 7.72. The minimum absolute atomic E-state index is 0.0980. The number of fused-ring (bicyclic) bond motifs is 1. The molecular weight excluding hydrogens is 296 g/mol. The molecule has 23 heavy (non-hydrogen) atoms. The Kier molecular flexibility index (Phi) is 3.78. The van der Waals surface area contributed by atoms with Crippen molar-refractivity contribution >= 4 is 5.91 Å². The third kappa shape index (κ3) is 2.46. The number of nitriles is 1. The number of rotatable bonds is 2. The van der Waals surface area contributed by atoms with Crippen LogP contribution >= 0.6 is 0 Å². The fourth-order valence-electron chi connectivity index (χ4n) is 3.46. The van der Waals surface area contributed by atoms with E-state index >= 15 is 0 Å². The lowest BCUT2D eigenvalue weighted by Crippen LogP contribution is -2.55. The highest BCUT2D eigenvalue weighted by Gasteiger charge is 2.49. The molecule has 122 valence electrons. The topological polar surface area (TPSA) is 93.8 Å². The summed E-state index contributed by atoms with van der Waals surface area (Å²) >= 11 is 0. The molecule has 2 N–H and O–H groups in total. The van der Waals surface area contributed by atoms with Crippen molar-refractivity contribution in [3.63, 3.8) is 0 Å². The Labute approximate surface area is 134 Å². The summed E-state index contributed by atoms with van der Waals surface area (Å²) in [5.41, 5.74) is 0.176. The van der Waals surface area contributed by atoms with Gasteiger partial charge in [0.1, 0.15) is 17.5 Å². The molecule has 0 unspecified atom stereocenters. The Morgan fingerprint density at radius 3 is 2.87 bits per heavy atom. The van der Waals surface area contributed by atoms with Gasteiger partial charge >= 0.3 is 0 Å². The fourth-order valence-corrected chi connectivity index (χ4v) is 3.46. The summed E-state index contributed by atoms with van der Waals surface area (Å²) < 4.78 is 5.87. The molecule has 3 atom stereocenters. The van der Waals surface area contributed by atoms with E-state index in [2.05, 4.69) is 6.07 Å². The lowest BCUT2D eigenvalue weighted by molar-refractivity contribution is -0.144. The Morgan fingerprint density at radius 2 is 2.22 bits per heavy atom. The maximum Gasteiger partial charge on any atom is 0.223 e. The molecule has 0 bridgehead atoms. The second-order valence-corrected chi connectivity index (χ2v) is 6.64. The second-order valence-electron chi connectivity index (χ2n) is 6.64. The van der Waals surface area contributed by atoms with Gasteiger partial charge in [-0.3, -0.25) is 4.79 Å². The number of carbonyl (C=O) groups excluding carboxylic acids is 1. The number of amides is 1. The minimum atomic E-state index is -0.958. The third-order valence-electron chi connectivity index (χ3n) is 4.73. The zero-order valence-electron chi connectivity index (χ0n) is 13.2. The molecule has 0 radical (unpaired) electrons. The summed E-state index contributed by atoms with van der Waals surface area (Å²) in [7, 11) is 0. The summed E-state index contributed by atoms with van der Waals surface area (Å²) in [4.78, 5) is 13.9. The predicted molar refractivity (Wildman–Crippen MR) is 81.6 cm³/mol. The average molecular weight is 316 g/mol. The smallest absolute Gasteiger partial charge is 0.223 e. The van der Waals surface area contributed by atoms with E-state index in [9.17, 15) is 15.0 Å². The fraction of sp³-hybridized carbons (Fsp3) is 0.529. The van der Waals surface area contributed by atoms with Gasteiger partial charge in [0.2, 0.25) is 5.91 Å². The largest absolute Gasteiger partial charge is 0.485 e. The van der Waals surface area contributed by atoms with Crippen LogP contribution in [0.25, 0.3) is 0 Å². The number of nitrogens with zero attached hydrogens (tertiary/aromatic N) is 2. The van der Waals surface area contributed by atoms with Crippen molar-refractivity contribution in [2.24, 2.45) is 0 Å². The van der Waals surface area contributed by atoms with Crippen molar-refractivity contribution in [1.29, 1.82) is 5.26 Å².